The Bertz CT molecular complexity index is 765. The molecule has 3 fully saturated rings. The molecule has 0 aliphatic heterocycles. The Morgan fingerprint density at radius 2 is 2.00 bits per heavy atom. The highest BCUT2D eigenvalue weighted by Gasteiger charge is 2.62. The van der Waals surface area contributed by atoms with Crippen molar-refractivity contribution >= 4 is 17.7 Å². The predicted octanol–water partition coefficient (Wildman–Crippen LogP) is 3.93. The van der Waals surface area contributed by atoms with Crippen LogP contribution < -0.4 is 0 Å². The van der Waals surface area contributed by atoms with Gasteiger partial charge in [0.2, 0.25) is 0 Å². The van der Waals surface area contributed by atoms with Crippen molar-refractivity contribution in [1.29, 1.82) is 0 Å². The first kappa shape index (κ1) is 19.4. The first-order valence-electron chi connectivity index (χ1n) is 10.6. The maximum Gasteiger partial charge on any atom is 0.307 e. The quantitative estimate of drug-likeness (QED) is 0.741. The smallest absolute Gasteiger partial charge is 0.307 e. The maximum atomic E-state index is 12.1. The lowest BCUT2D eigenvalue weighted by atomic mass is 9.47. The number of aliphatic carboxylic acids is 1. The molecule has 0 bridgehead atoms. The fraction of sp³-hybridized carbons (Fsp3) is 0.696. The van der Waals surface area contributed by atoms with Crippen LogP contribution in [-0.2, 0) is 19.1 Å². The molecule has 0 unspecified atom stereocenters. The van der Waals surface area contributed by atoms with Gasteiger partial charge in [-0.3, -0.25) is 14.4 Å². The van der Waals surface area contributed by atoms with Crippen LogP contribution in [0.2, 0.25) is 0 Å². The first-order chi connectivity index (χ1) is 13.3. The second kappa shape index (κ2) is 6.85. The van der Waals surface area contributed by atoms with Crippen molar-refractivity contribution in [3.8, 4) is 0 Å². The van der Waals surface area contributed by atoms with Gasteiger partial charge in [-0.2, -0.15) is 0 Å². The van der Waals surface area contributed by atoms with E-state index in [2.05, 4.69) is 13.0 Å². The van der Waals surface area contributed by atoms with Crippen LogP contribution in [0.5, 0.6) is 0 Å². The summed E-state index contributed by atoms with van der Waals surface area (Å²) in [5, 5.41) is 9.90. The van der Waals surface area contributed by atoms with E-state index in [-0.39, 0.29) is 29.7 Å². The SMILES string of the molecule is CCC(=O)OC[C@]12CC[C@H]3[C@@H](CCC4=CC(=O)C=C[C@@]43C)[C@@H]1CC[C@@H]2C(=O)O. The second-order valence-corrected chi connectivity index (χ2v) is 9.36. The van der Waals surface area contributed by atoms with Gasteiger partial charge in [-0.25, -0.2) is 0 Å². The van der Waals surface area contributed by atoms with Crippen molar-refractivity contribution in [3.05, 3.63) is 23.8 Å². The summed E-state index contributed by atoms with van der Waals surface area (Å²) in [5.74, 6) is -0.255. The van der Waals surface area contributed by atoms with Gasteiger partial charge in [0.25, 0.3) is 0 Å². The second-order valence-electron chi connectivity index (χ2n) is 9.36. The van der Waals surface area contributed by atoms with Gasteiger partial charge in [-0.05, 0) is 68.4 Å². The largest absolute Gasteiger partial charge is 0.481 e. The van der Waals surface area contributed by atoms with E-state index >= 15 is 0 Å². The standard InChI is InChI=1S/C23H30O5/c1-3-20(25)28-13-23-11-9-17-16(18(23)6-7-19(23)21(26)27)5-4-14-12-15(24)8-10-22(14,17)2/h8,10,12,16-19H,3-7,9,11,13H2,1-2H3,(H,26,27)/t16-,17+,18+,19-,22+,23-/m1/s1. The minimum atomic E-state index is -0.751. The fourth-order valence-corrected chi connectivity index (χ4v) is 6.97. The number of carbonyl (C=O) groups is 3. The summed E-state index contributed by atoms with van der Waals surface area (Å²) in [7, 11) is 0. The summed E-state index contributed by atoms with van der Waals surface area (Å²) in [4.78, 5) is 35.8. The summed E-state index contributed by atoms with van der Waals surface area (Å²) in [6.45, 7) is 4.24. The van der Waals surface area contributed by atoms with Crippen LogP contribution in [0.4, 0.5) is 0 Å². The lowest BCUT2D eigenvalue weighted by Gasteiger charge is -2.57. The van der Waals surface area contributed by atoms with E-state index in [4.69, 9.17) is 4.74 Å². The fourth-order valence-electron chi connectivity index (χ4n) is 6.97. The van der Waals surface area contributed by atoms with Gasteiger partial charge in [0.1, 0.15) is 0 Å². The van der Waals surface area contributed by atoms with Gasteiger partial charge >= 0.3 is 11.9 Å². The molecule has 0 aromatic heterocycles. The minimum Gasteiger partial charge on any atom is -0.481 e. The van der Waals surface area contributed by atoms with Crippen molar-refractivity contribution in [1.82, 2.24) is 0 Å². The Balaban J connectivity index is 1.66. The van der Waals surface area contributed by atoms with Crippen molar-refractivity contribution < 1.29 is 24.2 Å². The third-order valence-corrected chi connectivity index (χ3v) is 8.36. The maximum absolute atomic E-state index is 12.1. The number of carboxylic acids is 1. The molecule has 3 saturated carbocycles. The lowest BCUT2D eigenvalue weighted by Crippen LogP contribution is -2.53. The highest BCUT2D eigenvalue weighted by molar-refractivity contribution is 6.01. The monoisotopic (exact) mass is 386 g/mol. The normalized spacial score (nSPS) is 41.5. The Kier molecular flexibility index (Phi) is 4.75. The van der Waals surface area contributed by atoms with E-state index in [1.807, 2.05) is 6.08 Å². The number of ether oxygens (including phenoxy) is 1. The molecule has 0 radical (unpaired) electrons. The van der Waals surface area contributed by atoms with Crippen molar-refractivity contribution in [2.75, 3.05) is 6.61 Å². The van der Waals surface area contributed by atoms with Gasteiger partial charge in [0.15, 0.2) is 5.78 Å². The number of ketones is 1. The van der Waals surface area contributed by atoms with Crippen LogP contribution >= 0.6 is 0 Å². The van der Waals surface area contributed by atoms with Crippen molar-refractivity contribution in [2.45, 2.75) is 58.8 Å². The Morgan fingerprint density at radius 3 is 2.71 bits per heavy atom. The van der Waals surface area contributed by atoms with Gasteiger partial charge in [0, 0.05) is 17.3 Å². The number of esters is 1. The van der Waals surface area contributed by atoms with Gasteiger partial charge in [-0.1, -0.05) is 25.5 Å². The van der Waals surface area contributed by atoms with Crippen LogP contribution in [-0.4, -0.2) is 29.4 Å². The molecule has 4 rings (SSSR count). The van der Waals surface area contributed by atoms with Crippen LogP contribution in [0, 0.1) is 34.5 Å². The van der Waals surface area contributed by atoms with Gasteiger partial charge in [0.05, 0.1) is 12.5 Å². The molecule has 4 aliphatic carbocycles. The van der Waals surface area contributed by atoms with E-state index in [0.717, 1.165) is 32.1 Å². The average Bonchev–Trinajstić information content (AvgIpc) is 3.06. The Hall–Kier alpha value is -1.91. The summed E-state index contributed by atoms with van der Waals surface area (Å²) in [6, 6.07) is 0. The Morgan fingerprint density at radius 1 is 1.21 bits per heavy atom. The van der Waals surface area contributed by atoms with Crippen molar-refractivity contribution in [2.24, 2.45) is 34.5 Å². The summed E-state index contributed by atoms with van der Waals surface area (Å²) in [5.41, 5.74) is 0.688. The summed E-state index contributed by atoms with van der Waals surface area (Å²) in [6.07, 6.45) is 11.1. The molecule has 0 amide bonds. The zero-order valence-corrected chi connectivity index (χ0v) is 16.8. The topological polar surface area (TPSA) is 80.7 Å². The average molecular weight is 386 g/mol. The van der Waals surface area contributed by atoms with Crippen LogP contribution in [0.1, 0.15) is 58.8 Å². The zero-order valence-electron chi connectivity index (χ0n) is 16.8. The van der Waals surface area contributed by atoms with E-state index in [0.29, 0.717) is 24.7 Å². The number of allylic oxidation sites excluding steroid dienone is 4. The molecule has 152 valence electrons. The first-order valence-corrected chi connectivity index (χ1v) is 10.6. The van der Waals surface area contributed by atoms with E-state index in [1.54, 1.807) is 13.0 Å². The number of rotatable bonds is 4. The zero-order chi connectivity index (χ0) is 20.1. The molecule has 0 heterocycles. The highest BCUT2D eigenvalue weighted by Crippen LogP contribution is 2.66. The molecule has 28 heavy (non-hydrogen) atoms. The molecule has 0 spiro atoms. The summed E-state index contributed by atoms with van der Waals surface area (Å²) >= 11 is 0. The number of carboxylic acid groups (broad SMARTS) is 1. The molecular formula is C23H30O5. The third-order valence-electron chi connectivity index (χ3n) is 8.36. The van der Waals surface area contributed by atoms with E-state index in [1.165, 1.54) is 5.57 Å². The molecule has 6 atom stereocenters. The molecule has 5 heteroatoms. The molecule has 5 nitrogen and oxygen atoms in total. The van der Waals surface area contributed by atoms with Crippen molar-refractivity contribution in [3.63, 3.8) is 0 Å². The number of fused-ring (bicyclic) bond motifs is 5. The van der Waals surface area contributed by atoms with Gasteiger partial charge in [-0.15, -0.1) is 0 Å². The number of hydrogen-bond donors (Lipinski definition) is 1. The lowest BCUT2D eigenvalue weighted by molar-refractivity contribution is -0.164. The highest BCUT2D eigenvalue weighted by atomic mass is 16.5. The molecule has 4 aliphatic rings. The predicted molar refractivity (Wildman–Crippen MR) is 103 cm³/mol. The number of hydrogen-bond acceptors (Lipinski definition) is 4. The molecule has 0 aromatic carbocycles. The minimum absolute atomic E-state index is 0.0781. The van der Waals surface area contributed by atoms with E-state index in [9.17, 15) is 19.5 Å². The van der Waals surface area contributed by atoms with Crippen LogP contribution in [0.15, 0.2) is 23.8 Å². The van der Waals surface area contributed by atoms with Crippen LogP contribution in [0.25, 0.3) is 0 Å². The molecular weight excluding hydrogens is 356 g/mol. The summed E-state index contributed by atoms with van der Waals surface area (Å²) < 4.78 is 5.57. The molecule has 1 N–H and O–H groups in total. The van der Waals surface area contributed by atoms with E-state index < -0.39 is 17.3 Å². The Labute approximate surface area is 166 Å². The molecule has 0 saturated heterocycles. The van der Waals surface area contributed by atoms with Gasteiger partial charge < -0.3 is 9.84 Å². The molecule has 0 aromatic rings. The third kappa shape index (κ3) is 2.77. The van der Waals surface area contributed by atoms with Crippen LogP contribution in [0.3, 0.4) is 0 Å². The number of carbonyl (C=O) groups excluding carboxylic acids is 2.